The van der Waals surface area contributed by atoms with Crippen LogP contribution in [-0.2, 0) is 21.4 Å². The fourth-order valence-corrected chi connectivity index (χ4v) is 4.49. The van der Waals surface area contributed by atoms with Crippen LogP contribution in [0.5, 0.6) is 0 Å². The molecule has 1 aromatic heterocycles. The van der Waals surface area contributed by atoms with E-state index in [1.165, 1.54) is 4.88 Å². The van der Waals surface area contributed by atoms with Crippen LogP contribution in [0, 0.1) is 0 Å². The predicted octanol–water partition coefficient (Wildman–Crippen LogP) is 1.74. The predicted molar refractivity (Wildman–Crippen MR) is 93.0 cm³/mol. The van der Waals surface area contributed by atoms with Crippen molar-refractivity contribution in [3.05, 3.63) is 46.3 Å². The van der Waals surface area contributed by atoms with Crippen molar-refractivity contribution in [2.24, 2.45) is 4.40 Å². The highest BCUT2D eigenvalue weighted by molar-refractivity contribution is 7.90. The van der Waals surface area contributed by atoms with E-state index < -0.39 is 10.0 Å². The molecule has 4 rings (SSSR count). The molecule has 1 aliphatic carbocycles. The molecule has 126 valence electrons. The van der Waals surface area contributed by atoms with Gasteiger partial charge in [0.1, 0.15) is 5.84 Å². The summed E-state index contributed by atoms with van der Waals surface area (Å²) in [5.74, 6) is 0.354. The summed E-state index contributed by atoms with van der Waals surface area (Å²) in [5, 5.41) is 2.02. The van der Waals surface area contributed by atoms with E-state index in [1.54, 1.807) is 34.6 Å². The monoisotopic (exact) mass is 363 g/mol. The molecule has 6 nitrogen and oxygen atoms in total. The Morgan fingerprint density at radius 2 is 2.21 bits per heavy atom. The maximum absolute atomic E-state index is 12.9. The van der Waals surface area contributed by atoms with Gasteiger partial charge in [0, 0.05) is 23.7 Å². The first kappa shape index (κ1) is 15.6. The summed E-state index contributed by atoms with van der Waals surface area (Å²) < 4.78 is 26.9. The van der Waals surface area contributed by atoms with Crippen LogP contribution in [0.2, 0.25) is 0 Å². The highest BCUT2D eigenvalue weighted by Crippen LogP contribution is 2.31. The van der Waals surface area contributed by atoms with E-state index in [0.29, 0.717) is 30.5 Å². The number of nitrogens with zero attached hydrogens (tertiary/aromatic N) is 3. The summed E-state index contributed by atoms with van der Waals surface area (Å²) >= 11 is 1.65. The third-order valence-electron chi connectivity index (χ3n) is 4.23. The van der Waals surface area contributed by atoms with Gasteiger partial charge in [-0.25, -0.2) is 8.42 Å². The van der Waals surface area contributed by atoms with Crippen molar-refractivity contribution < 1.29 is 13.2 Å². The second-order valence-corrected chi connectivity index (χ2v) is 8.88. The molecule has 1 aromatic rings. The largest absolute Gasteiger partial charge is 0.330 e. The maximum Gasteiger partial charge on any atom is 0.256 e. The van der Waals surface area contributed by atoms with Crippen LogP contribution in [0.1, 0.15) is 17.7 Å². The number of fused-ring (bicyclic) bond motifs is 1. The van der Waals surface area contributed by atoms with Gasteiger partial charge in [-0.15, -0.1) is 15.7 Å². The van der Waals surface area contributed by atoms with Gasteiger partial charge in [-0.2, -0.15) is 0 Å². The van der Waals surface area contributed by atoms with Crippen LogP contribution in [0.15, 0.2) is 45.8 Å². The van der Waals surface area contributed by atoms with Gasteiger partial charge in [-0.05, 0) is 36.4 Å². The molecule has 0 N–H and O–H groups in total. The van der Waals surface area contributed by atoms with Crippen LogP contribution in [0.25, 0.3) is 0 Å². The van der Waals surface area contributed by atoms with Gasteiger partial charge >= 0.3 is 0 Å². The quantitative estimate of drug-likeness (QED) is 0.817. The van der Waals surface area contributed by atoms with E-state index in [2.05, 4.69) is 4.40 Å². The number of carbonyl (C=O) groups is 1. The molecular formula is C16H17N3O3S2. The van der Waals surface area contributed by atoms with Crippen LogP contribution in [0.3, 0.4) is 0 Å². The normalized spacial score (nSPS) is 21.8. The lowest BCUT2D eigenvalue weighted by molar-refractivity contribution is -0.128. The Hall–Kier alpha value is -1.93. The number of hydrogen-bond donors (Lipinski definition) is 0. The molecule has 1 saturated carbocycles. The van der Waals surface area contributed by atoms with E-state index >= 15 is 0 Å². The Morgan fingerprint density at radius 3 is 2.92 bits per heavy atom. The van der Waals surface area contributed by atoms with Gasteiger partial charge in [-0.3, -0.25) is 4.79 Å². The minimum Gasteiger partial charge on any atom is -0.330 e. The van der Waals surface area contributed by atoms with Crippen molar-refractivity contribution in [1.29, 1.82) is 0 Å². The van der Waals surface area contributed by atoms with Crippen molar-refractivity contribution in [3.63, 3.8) is 0 Å². The van der Waals surface area contributed by atoms with E-state index in [-0.39, 0.29) is 11.7 Å². The lowest BCUT2D eigenvalue weighted by Crippen LogP contribution is -2.39. The smallest absolute Gasteiger partial charge is 0.256 e. The number of sulfonamides is 1. The second kappa shape index (κ2) is 5.86. The zero-order valence-corrected chi connectivity index (χ0v) is 14.6. The van der Waals surface area contributed by atoms with Crippen molar-refractivity contribution in [1.82, 2.24) is 9.80 Å². The minimum absolute atomic E-state index is 0.00497. The number of rotatable bonds is 4. The van der Waals surface area contributed by atoms with E-state index in [0.717, 1.165) is 12.8 Å². The van der Waals surface area contributed by atoms with Gasteiger partial charge in [-0.1, -0.05) is 6.07 Å². The second-order valence-electron chi connectivity index (χ2n) is 6.09. The fourth-order valence-electron chi connectivity index (χ4n) is 2.82. The van der Waals surface area contributed by atoms with E-state index in [9.17, 15) is 13.2 Å². The Kier molecular flexibility index (Phi) is 3.80. The Bertz CT molecular complexity index is 849. The molecule has 1 amide bonds. The molecule has 0 spiro atoms. The Morgan fingerprint density at radius 1 is 1.38 bits per heavy atom. The van der Waals surface area contributed by atoms with Crippen molar-refractivity contribution >= 4 is 33.1 Å². The first-order chi connectivity index (χ1) is 11.5. The third kappa shape index (κ3) is 3.16. The molecule has 0 atom stereocenters. The summed E-state index contributed by atoms with van der Waals surface area (Å²) in [6.07, 6.45) is 7.09. The Balaban J connectivity index is 1.56. The molecule has 1 fully saturated rings. The molecular weight excluding hydrogens is 346 g/mol. The van der Waals surface area contributed by atoms with Crippen LogP contribution in [0.4, 0.5) is 0 Å². The molecule has 3 aliphatic rings. The average molecular weight is 363 g/mol. The average Bonchev–Trinajstić information content (AvgIpc) is 3.27. The van der Waals surface area contributed by atoms with Crippen LogP contribution in [-0.4, -0.2) is 48.3 Å². The molecule has 0 unspecified atom stereocenters. The molecule has 0 radical (unpaired) electrons. The first-order valence-electron chi connectivity index (χ1n) is 7.84. The highest BCUT2D eigenvalue weighted by Gasteiger charge is 2.35. The Labute approximate surface area is 144 Å². The zero-order valence-electron chi connectivity index (χ0n) is 13.0. The van der Waals surface area contributed by atoms with Crippen molar-refractivity contribution in [2.45, 2.75) is 25.4 Å². The lowest BCUT2D eigenvalue weighted by Gasteiger charge is -2.29. The molecule has 0 aromatic carbocycles. The molecule has 2 aliphatic heterocycles. The topological polar surface area (TPSA) is 70.0 Å². The van der Waals surface area contributed by atoms with E-state index in [4.69, 9.17) is 0 Å². The molecule has 0 saturated heterocycles. The van der Waals surface area contributed by atoms with E-state index in [1.807, 2.05) is 22.4 Å². The summed E-state index contributed by atoms with van der Waals surface area (Å²) in [7, 11) is -3.37. The van der Waals surface area contributed by atoms with Crippen LogP contribution >= 0.6 is 11.3 Å². The summed E-state index contributed by atoms with van der Waals surface area (Å²) in [6, 6.07) is 4.34. The number of hydrogen-bond acceptors (Lipinski definition) is 5. The molecule has 0 bridgehead atoms. The minimum atomic E-state index is -3.37. The standard InChI is InChI=1S/C16H17N3O3S2/c20-16(19(13-4-5-13)11-14-2-1-8-23-14)12-3-6-15-17-24(21,22)9-7-18(15)10-12/h1-3,6,8,10,13H,4-5,7,9,11H2. The number of carbonyl (C=O) groups excluding carboxylic acids is 1. The lowest BCUT2D eigenvalue weighted by atomic mass is 10.1. The fraction of sp³-hybridized carbons (Fsp3) is 0.375. The first-order valence-corrected chi connectivity index (χ1v) is 10.3. The van der Waals surface area contributed by atoms with Gasteiger partial charge in [0.05, 0.1) is 17.9 Å². The van der Waals surface area contributed by atoms with Gasteiger partial charge in [0.2, 0.25) is 0 Å². The summed E-state index contributed by atoms with van der Waals surface area (Å²) in [6.45, 7) is 0.957. The number of amides is 1. The van der Waals surface area contributed by atoms with Crippen LogP contribution < -0.4 is 0 Å². The highest BCUT2D eigenvalue weighted by atomic mass is 32.2. The number of thiophene rings is 1. The third-order valence-corrected chi connectivity index (χ3v) is 6.25. The van der Waals surface area contributed by atoms with Gasteiger partial charge in [0.25, 0.3) is 15.9 Å². The molecule has 3 heterocycles. The van der Waals surface area contributed by atoms with Gasteiger partial charge < -0.3 is 9.80 Å². The summed E-state index contributed by atoms with van der Waals surface area (Å²) in [5.41, 5.74) is 0.580. The molecule has 24 heavy (non-hydrogen) atoms. The van der Waals surface area contributed by atoms with Crippen molar-refractivity contribution in [2.75, 3.05) is 12.3 Å². The maximum atomic E-state index is 12.9. The van der Waals surface area contributed by atoms with Gasteiger partial charge in [0.15, 0.2) is 0 Å². The zero-order chi connectivity index (χ0) is 16.7. The summed E-state index contributed by atoms with van der Waals surface area (Å²) in [4.78, 5) is 17.8. The molecule has 8 heteroatoms. The van der Waals surface area contributed by atoms with Crippen molar-refractivity contribution in [3.8, 4) is 0 Å². The SMILES string of the molecule is O=C(C1=CN2CCS(=O)(=O)N=C2C=C1)N(Cc1cccs1)C1CC1. The number of amidine groups is 1.